The molecular formula is C16H14BrNO2. The highest BCUT2D eigenvalue weighted by molar-refractivity contribution is 9.10. The van der Waals surface area contributed by atoms with E-state index in [-0.39, 0.29) is 0 Å². The molecule has 20 heavy (non-hydrogen) atoms. The minimum Gasteiger partial charge on any atom is -0.490 e. The first-order valence-corrected chi connectivity index (χ1v) is 7.06. The lowest BCUT2D eigenvalue weighted by Crippen LogP contribution is -2.00. The first-order valence-electron chi connectivity index (χ1n) is 6.27. The second kappa shape index (κ2) is 6.97. The molecule has 4 heteroatoms. The summed E-state index contributed by atoms with van der Waals surface area (Å²) in [5.41, 5.74) is 1.62. The van der Waals surface area contributed by atoms with Crippen molar-refractivity contribution in [1.82, 2.24) is 0 Å². The fourth-order valence-corrected chi connectivity index (χ4v) is 2.20. The third-order valence-electron chi connectivity index (χ3n) is 2.66. The lowest BCUT2D eigenvalue weighted by Gasteiger charge is -2.12. The van der Waals surface area contributed by atoms with E-state index in [0.29, 0.717) is 30.3 Å². The zero-order valence-electron chi connectivity index (χ0n) is 11.1. The highest BCUT2D eigenvalue weighted by Gasteiger charge is 2.07. The van der Waals surface area contributed by atoms with Gasteiger partial charge in [-0.2, -0.15) is 5.26 Å². The Morgan fingerprint density at radius 1 is 1.10 bits per heavy atom. The molecule has 2 aromatic rings. The molecular weight excluding hydrogens is 318 g/mol. The standard InChI is InChI=1S/C16H14BrNO2/c1-2-19-16-9-12(10-18)6-7-15(16)20-11-13-4-3-5-14(17)8-13/h3-9H,2,11H2,1H3. The number of halogens is 1. The maximum Gasteiger partial charge on any atom is 0.162 e. The molecule has 0 saturated carbocycles. The van der Waals surface area contributed by atoms with Crippen LogP contribution < -0.4 is 9.47 Å². The predicted octanol–water partition coefficient (Wildman–Crippen LogP) is 4.30. The van der Waals surface area contributed by atoms with Crippen LogP contribution in [0.2, 0.25) is 0 Å². The SMILES string of the molecule is CCOc1cc(C#N)ccc1OCc1cccc(Br)c1. The van der Waals surface area contributed by atoms with Crippen molar-refractivity contribution in [3.63, 3.8) is 0 Å². The van der Waals surface area contributed by atoms with Gasteiger partial charge in [-0.3, -0.25) is 0 Å². The van der Waals surface area contributed by atoms with Gasteiger partial charge in [0.15, 0.2) is 11.5 Å². The van der Waals surface area contributed by atoms with Crippen molar-refractivity contribution < 1.29 is 9.47 Å². The van der Waals surface area contributed by atoms with Crippen molar-refractivity contribution in [2.75, 3.05) is 6.61 Å². The van der Waals surface area contributed by atoms with E-state index in [1.54, 1.807) is 18.2 Å². The Kier molecular flexibility index (Phi) is 5.03. The molecule has 0 amide bonds. The van der Waals surface area contributed by atoms with Gasteiger partial charge in [0, 0.05) is 10.5 Å². The topological polar surface area (TPSA) is 42.2 Å². The van der Waals surface area contributed by atoms with Gasteiger partial charge in [-0.05, 0) is 36.8 Å². The van der Waals surface area contributed by atoms with Crippen LogP contribution in [0.3, 0.4) is 0 Å². The fourth-order valence-electron chi connectivity index (χ4n) is 1.75. The molecule has 0 spiro atoms. The summed E-state index contributed by atoms with van der Waals surface area (Å²) in [6.07, 6.45) is 0. The average molecular weight is 332 g/mol. The molecule has 3 nitrogen and oxygen atoms in total. The summed E-state index contributed by atoms with van der Waals surface area (Å²) < 4.78 is 12.3. The molecule has 0 aromatic heterocycles. The van der Waals surface area contributed by atoms with Crippen LogP contribution in [-0.2, 0) is 6.61 Å². The van der Waals surface area contributed by atoms with Crippen molar-refractivity contribution in [2.24, 2.45) is 0 Å². The number of benzene rings is 2. The van der Waals surface area contributed by atoms with Crippen LogP contribution in [-0.4, -0.2) is 6.61 Å². The fraction of sp³-hybridized carbons (Fsp3) is 0.188. The molecule has 0 aliphatic rings. The van der Waals surface area contributed by atoms with Gasteiger partial charge in [-0.1, -0.05) is 28.1 Å². The van der Waals surface area contributed by atoms with Gasteiger partial charge in [0.05, 0.1) is 18.2 Å². The molecule has 0 heterocycles. The van der Waals surface area contributed by atoms with E-state index >= 15 is 0 Å². The van der Waals surface area contributed by atoms with Crippen LogP contribution in [0.5, 0.6) is 11.5 Å². The van der Waals surface area contributed by atoms with Gasteiger partial charge in [0.25, 0.3) is 0 Å². The molecule has 0 aliphatic carbocycles. The van der Waals surface area contributed by atoms with E-state index in [2.05, 4.69) is 22.0 Å². The summed E-state index contributed by atoms with van der Waals surface area (Å²) in [6, 6.07) is 15.2. The van der Waals surface area contributed by atoms with Crippen LogP contribution in [0.4, 0.5) is 0 Å². The zero-order chi connectivity index (χ0) is 14.4. The number of hydrogen-bond acceptors (Lipinski definition) is 3. The zero-order valence-corrected chi connectivity index (χ0v) is 12.7. The van der Waals surface area contributed by atoms with Crippen LogP contribution in [0.25, 0.3) is 0 Å². The maximum absolute atomic E-state index is 8.91. The van der Waals surface area contributed by atoms with Crippen molar-refractivity contribution in [1.29, 1.82) is 5.26 Å². The monoisotopic (exact) mass is 331 g/mol. The Morgan fingerprint density at radius 3 is 2.65 bits per heavy atom. The molecule has 0 atom stereocenters. The summed E-state index contributed by atoms with van der Waals surface area (Å²) in [4.78, 5) is 0. The number of rotatable bonds is 5. The van der Waals surface area contributed by atoms with E-state index in [1.165, 1.54) is 0 Å². The van der Waals surface area contributed by atoms with Gasteiger partial charge in [0.2, 0.25) is 0 Å². The van der Waals surface area contributed by atoms with E-state index in [4.69, 9.17) is 14.7 Å². The molecule has 0 fully saturated rings. The number of ether oxygens (including phenoxy) is 2. The van der Waals surface area contributed by atoms with Gasteiger partial charge in [-0.15, -0.1) is 0 Å². The smallest absolute Gasteiger partial charge is 0.162 e. The van der Waals surface area contributed by atoms with Crippen LogP contribution in [0.15, 0.2) is 46.9 Å². The van der Waals surface area contributed by atoms with E-state index in [9.17, 15) is 0 Å². The van der Waals surface area contributed by atoms with E-state index in [0.717, 1.165) is 10.0 Å². The quantitative estimate of drug-likeness (QED) is 0.820. The van der Waals surface area contributed by atoms with Crippen molar-refractivity contribution in [2.45, 2.75) is 13.5 Å². The predicted molar refractivity (Wildman–Crippen MR) is 80.8 cm³/mol. The lowest BCUT2D eigenvalue weighted by molar-refractivity contribution is 0.269. The van der Waals surface area contributed by atoms with Gasteiger partial charge in [0.1, 0.15) is 6.61 Å². The molecule has 2 rings (SSSR count). The Labute approximate surface area is 126 Å². The first kappa shape index (κ1) is 14.4. The third kappa shape index (κ3) is 3.75. The van der Waals surface area contributed by atoms with E-state index < -0.39 is 0 Å². The second-order valence-corrected chi connectivity index (χ2v) is 5.04. The molecule has 102 valence electrons. The van der Waals surface area contributed by atoms with Crippen LogP contribution in [0, 0.1) is 11.3 Å². The summed E-state index contributed by atoms with van der Waals surface area (Å²) in [5.74, 6) is 1.24. The van der Waals surface area contributed by atoms with Gasteiger partial charge in [-0.25, -0.2) is 0 Å². The van der Waals surface area contributed by atoms with Crippen LogP contribution >= 0.6 is 15.9 Å². The highest BCUT2D eigenvalue weighted by atomic mass is 79.9. The molecule has 0 unspecified atom stereocenters. The van der Waals surface area contributed by atoms with E-state index in [1.807, 2.05) is 31.2 Å². The summed E-state index contributed by atoms with van der Waals surface area (Å²) in [5, 5.41) is 8.91. The lowest BCUT2D eigenvalue weighted by atomic mass is 10.2. The van der Waals surface area contributed by atoms with Gasteiger partial charge >= 0.3 is 0 Å². The molecule has 0 saturated heterocycles. The van der Waals surface area contributed by atoms with Crippen molar-refractivity contribution >= 4 is 15.9 Å². The second-order valence-electron chi connectivity index (χ2n) is 4.12. The van der Waals surface area contributed by atoms with Crippen molar-refractivity contribution in [3.8, 4) is 17.6 Å². The number of nitriles is 1. The maximum atomic E-state index is 8.91. The first-order chi connectivity index (χ1) is 9.72. The van der Waals surface area contributed by atoms with Crippen LogP contribution in [0.1, 0.15) is 18.1 Å². The van der Waals surface area contributed by atoms with Crippen molar-refractivity contribution in [3.05, 3.63) is 58.1 Å². The largest absolute Gasteiger partial charge is 0.490 e. The summed E-state index contributed by atoms with van der Waals surface area (Å²) >= 11 is 3.43. The molecule has 0 N–H and O–H groups in total. The minimum absolute atomic E-state index is 0.450. The Hall–Kier alpha value is -1.99. The normalized spacial score (nSPS) is 9.85. The number of nitrogens with zero attached hydrogens (tertiary/aromatic N) is 1. The third-order valence-corrected chi connectivity index (χ3v) is 3.15. The Morgan fingerprint density at radius 2 is 1.95 bits per heavy atom. The van der Waals surface area contributed by atoms with Gasteiger partial charge < -0.3 is 9.47 Å². The average Bonchev–Trinajstić information content (AvgIpc) is 2.46. The Balaban J connectivity index is 2.14. The molecule has 0 aliphatic heterocycles. The molecule has 2 aromatic carbocycles. The molecule has 0 radical (unpaired) electrons. The summed E-state index contributed by atoms with van der Waals surface area (Å²) in [7, 11) is 0. The summed E-state index contributed by atoms with van der Waals surface area (Å²) in [6.45, 7) is 2.88. The molecule has 0 bridgehead atoms. The minimum atomic E-state index is 0.450. The Bertz CT molecular complexity index is 635. The number of hydrogen-bond donors (Lipinski definition) is 0. The highest BCUT2D eigenvalue weighted by Crippen LogP contribution is 2.29.